The van der Waals surface area contributed by atoms with Crippen LogP contribution in [0.15, 0.2) is 59.6 Å². The number of nitrogens with one attached hydrogen (secondary N) is 2. The number of hydrogen-bond donors (Lipinski definition) is 2. The number of amides is 1. The highest BCUT2D eigenvalue weighted by atomic mass is 16.5. The Hall–Kier alpha value is -3.02. The molecule has 0 saturated carbocycles. The Balaban J connectivity index is 1.49. The molecule has 1 fully saturated rings. The number of aliphatic imine (C=N–C) groups is 1. The van der Waals surface area contributed by atoms with Crippen molar-refractivity contribution in [2.24, 2.45) is 10.9 Å². The summed E-state index contributed by atoms with van der Waals surface area (Å²) in [7, 11) is 1.82. The minimum atomic E-state index is 0.00871. The first kappa shape index (κ1) is 22.7. The van der Waals surface area contributed by atoms with Crippen molar-refractivity contribution in [2.75, 3.05) is 25.5 Å². The van der Waals surface area contributed by atoms with Crippen molar-refractivity contribution < 1.29 is 9.53 Å². The van der Waals surface area contributed by atoms with E-state index in [2.05, 4.69) is 26.6 Å². The number of guanidine groups is 1. The lowest BCUT2D eigenvalue weighted by Crippen LogP contribution is -2.47. The molecule has 1 amide bonds. The van der Waals surface area contributed by atoms with Crippen LogP contribution in [0, 0.1) is 5.92 Å². The van der Waals surface area contributed by atoms with Gasteiger partial charge in [0.1, 0.15) is 11.9 Å². The molecular formula is C25H34N4O2. The Morgan fingerprint density at radius 1 is 1.16 bits per heavy atom. The third-order valence-corrected chi connectivity index (χ3v) is 5.70. The lowest BCUT2D eigenvalue weighted by molar-refractivity contribution is -0.119. The molecule has 1 unspecified atom stereocenters. The van der Waals surface area contributed by atoms with Gasteiger partial charge < -0.3 is 20.3 Å². The van der Waals surface area contributed by atoms with Crippen LogP contribution in [0.2, 0.25) is 0 Å². The van der Waals surface area contributed by atoms with Crippen molar-refractivity contribution in [3.05, 3.63) is 60.2 Å². The van der Waals surface area contributed by atoms with Crippen LogP contribution in [0.3, 0.4) is 0 Å². The van der Waals surface area contributed by atoms with Crippen molar-refractivity contribution >= 4 is 17.6 Å². The predicted octanol–water partition coefficient (Wildman–Crippen LogP) is 4.29. The van der Waals surface area contributed by atoms with E-state index >= 15 is 0 Å². The first-order valence-electron chi connectivity index (χ1n) is 11.2. The van der Waals surface area contributed by atoms with Crippen molar-refractivity contribution in [2.45, 2.75) is 45.8 Å². The summed E-state index contributed by atoms with van der Waals surface area (Å²) in [5.41, 5.74) is 1.93. The lowest BCUT2D eigenvalue weighted by atomic mass is 10.1. The zero-order valence-electron chi connectivity index (χ0n) is 18.8. The topological polar surface area (TPSA) is 66.0 Å². The molecule has 0 spiro atoms. The number of rotatable bonds is 7. The molecule has 3 rings (SSSR count). The average Bonchev–Trinajstić information content (AvgIpc) is 2.81. The molecule has 0 aliphatic carbocycles. The summed E-state index contributed by atoms with van der Waals surface area (Å²) >= 11 is 0. The standard InChI is InChI=1S/C25H34N4O2/c1-4-19(2)24(30)28-21-10-8-9-20(17-21)18-27-25(26-3)29-15-13-23(14-16-29)31-22-11-6-5-7-12-22/h5-12,17,19,23H,4,13-16,18H2,1-3H3,(H,26,27)(H,28,30). The van der Waals surface area contributed by atoms with Crippen molar-refractivity contribution in [1.29, 1.82) is 0 Å². The second-order valence-electron chi connectivity index (χ2n) is 8.02. The molecule has 1 saturated heterocycles. The second kappa shape index (κ2) is 11.4. The zero-order valence-corrected chi connectivity index (χ0v) is 18.8. The maximum Gasteiger partial charge on any atom is 0.227 e. The second-order valence-corrected chi connectivity index (χ2v) is 8.02. The van der Waals surface area contributed by atoms with Crippen LogP contribution in [-0.4, -0.2) is 43.0 Å². The van der Waals surface area contributed by atoms with E-state index in [-0.39, 0.29) is 17.9 Å². The van der Waals surface area contributed by atoms with Gasteiger partial charge in [0, 0.05) is 51.1 Å². The molecule has 0 radical (unpaired) electrons. The van der Waals surface area contributed by atoms with Gasteiger partial charge in [0.05, 0.1) is 0 Å². The van der Waals surface area contributed by atoms with Crippen LogP contribution >= 0.6 is 0 Å². The van der Waals surface area contributed by atoms with Gasteiger partial charge in [-0.1, -0.05) is 44.2 Å². The zero-order chi connectivity index (χ0) is 22.1. The maximum absolute atomic E-state index is 12.2. The largest absolute Gasteiger partial charge is 0.490 e. The maximum atomic E-state index is 12.2. The number of nitrogens with zero attached hydrogens (tertiary/aromatic N) is 2. The molecule has 2 aromatic rings. The third-order valence-electron chi connectivity index (χ3n) is 5.70. The highest BCUT2D eigenvalue weighted by Gasteiger charge is 2.22. The summed E-state index contributed by atoms with van der Waals surface area (Å²) in [6.45, 7) is 6.43. The molecule has 2 N–H and O–H groups in total. The van der Waals surface area contributed by atoms with Crippen molar-refractivity contribution in [3.63, 3.8) is 0 Å². The fourth-order valence-corrected chi connectivity index (χ4v) is 3.60. The van der Waals surface area contributed by atoms with Crippen LogP contribution in [0.1, 0.15) is 38.7 Å². The van der Waals surface area contributed by atoms with Crippen molar-refractivity contribution in [1.82, 2.24) is 10.2 Å². The summed E-state index contributed by atoms with van der Waals surface area (Å²) in [5, 5.41) is 6.46. The fourth-order valence-electron chi connectivity index (χ4n) is 3.60. The molecule has 6 nitrogen and oxygen atoms in total. The van der Waals surface area contributed by atoms with Gasteiger partial charge in [0.2, 0.25) is 5.91 Å². The summed E-state index contributed by atoms with van der Waals surface area (Å²) in [4.78, 5) is 18.9. The fraction of sp³-hybridized carbons (Fsp3) is 0.440. The number of hydrogen-bond acceptors (Lipinski definition) is 3. The molecular weight excluding hydrogens is 388 g/mol. The van der Waals surface area contributed by atoms with E-state index in [0.717, 1.165) is 55.3 Å². The SMILES string of the molecule is CCC(C)C(=O)Nc1cccc(CNC(=NC)N2CCC(Oc3ccccc3)CC2)c1. The predicted molar refractivity (Wildman–Crippen MR) is 126 cm³/mol. The van der Waals surface area contributed by atoms with Gasteiger partial charge in [0.25, 0.3) is 0 Å². The number of piperidine rings is 1. The summed E-state index contributed by atoms with van der Waals surface area (Å²) in [6, 6.07) is 18.0. The molecule has 0 bridgehead atoms. The number of carbonyl (C=O) groups is 1. The monoisotopic (exact) mass is 422 g/mol. The Bertz CT molecular complexity index is 861. The Labute approximate surface area is 185 Å². The van der Waals surface area contributed by atoms with E-state index in [1.807, 2.05) is 69.4 Å². The Kier molecular flexibility index (Phi) is 8.33. The van der Waals surface area contributed by atoms with E-state index in [1.54, 1.807) is 0 Å². The van der Waals surface area contributed by atoms with Crippen LogP contribution in [0.4, 0.5) is 5.69 Å². The lowest BCUT2D eigenvalue weighted by Gasteiger charge is -2.34. The van der Waals surface area contributed by atoms with Gasteiger partial charge >= 0.3 is 0 Å². The van der Waals surface area contributed by atoms with E-state index in [4.69, 9.17) is 4.74 Å². The number of ether oxygens (including phenoxy) is 1. The normalized spacial score (nSPS) is 16.0. The number of para-hydroxylation sites is 1. The average molecular weight is 423 g/mol. The summed E-state index contributed by atoms with van der Waals surface area (Å²) < 4.78 is 6.09. The number of anilines is 1. The molecule has 166 valence electrons. The van der Waals surface area contributed by atoms with Crippen LogP contribution in [0.5, 0.6) is 5.75 Å². The van der Waals surface area contributed by atoms with Crippen LogP contribution in [-0.2, 0) is 11.3 Å². The molecule has 2 aromatic carbocycles. The van der Waals surface area contributed by atoms with Crippen LogP contribution in [0.25, 0.3) is 0 Å². The van der Waals surface area contributed by atoms with Gasteiger partial charge in [-0.15, -0.1) is 0 Å². The molecule has 1 aliphatic heterocycles. The Morgan fingerprint density at radius 2 is 1.90 bits per heavy atom. The molecule has 0 aromatic heterocycles. The van der Waals surface area contributed by atoms with E-state index < -0.39 is 0 Å². The molecule has 1 heterocycles. The molecule has 1 atom stereocenters. The summed E-state index contributed by atoms with van der Waals surface area (Å²) in [5.74, 6) is 1.90. The minimum Gasteiger partial charge on any atom is -0.490 e. The Morgan fingerprint density at radius 3 is 2.58 bits per heavy atom. The van der Waals surface area contributed by atoms with Crippen molar-refractivity contribution in [3.8, 4) is 5.75 Å². The van der Waals surface area contributed by atoms with Gasteiger partial charge in [0.15, 0.2) is 5.96 Å². The number of carbonyl (C=O) groups excluding carboxylic acids is 1. The highest BCUT2D eigenvalue weighted by molar-refractivity contribution is 5.92. The van der Waals surface area contributed by atoms with E-state index in [0.29, 0.717) is 6.54 Å². The third kappa shape index (κ3) is 6.74. The minimum absolute atomic E-state index is 0.00871. The van der Waals surface area contributed by atoms with Gasteiger partial charge in [-0.3, -0.25) is 9.79 Å². The van der Waals surface area contributed by atoms with Crippen LogP contribution < -0.4 is 15.4 Å². The van der Waals surface area contributed by atoms with Gasteiger partial charge in [-0.2, -0.15) is 0 Å². The van der Waals surface area contributed by atoms with Gasteiger partial charge in [-0.05, 0) is 36.2 Å². The molecule has 31 heavy (non-hydrogen) atoms. The quantitative estimate of drug-likeness (QED) is 0.516. The smallest absolute Gasteiger partial charge is 0.227 e. The molecule has 1 aliphatic rings. The first-order chi connectivity index (χ1) is 15.1. The first-order valence-corrected chi connectivity index (χ1v) is 11.2. The summed E-state index contributed by atoms with van der Waals surface area (Å²) in [6.07, 6.45) is 3.00. The van der Waals surface area contributed by atoms with E-state index in [9.17, 15) is 4.79 Å². The highest BCUT2D eigenvalue weighted by Crippen LogP contribution is 2.19. The van der Waals surface area contributed by atoms with Gasteiger partial charge in [-0.25, -0.2) is 0 Å². The molecule has 6 heteroatoms. The number of likely N-dealkylation sites (tertiary alicyclic amines) is 1. The number of benzene rings is 2. The van der Waals surface area contributed by atoms with E-state index in [1.165, 1.54) is 0 Å².